The van der Waals surface area contributed by atoms with Gasteiger partial charge in [-0.3, -0.25) is 25.8 Å². The van der Waals surface area contributed by atoms with E-state index in [1.54, 1.807) is 30.3 Å². The molecular formula is C17H18BrN3O4S. The third kappa shape index (κ3) is 6.16. The molecule has 2 aromatic rings. The van der Waals surface area contributed by atoms with Gasteiger partial charge in [-0.2, -0.15) is 0 Å². The smallest absolute Gasteiger partial charge is 0.293 e. The van der Waals surface area contributed by atoms with Gasteiger partial charge in [0.25, 0.3) is 11.8 Å². The summed E-state index contributed by atoms with van der Waals surface area (Å²) in [5.74, 6) is 0.257. The Kier molecular flexibility index (Phi) is 7.16. The van der Waals surface area contributed by atoms with E-state index < -0.39 is 11.8 Å². The van der Waals surface area contributed by atoms with Crippen molar-refractivity contribution in [2.45, 2.75) is 13.8 Å². The Bertz CT molecular complexity index is 790. The first-order valence-electron chi connectivity index (χ1n) is 7.75. The van der Waals surface area contributed by atoms with Crippen LogP contribution < -0.4 is 20.9 Å². The number of ether oxygens (including phenoxy) is 1. The Labute approximate surface area is 164 Å². The number of hydrazine groups is 1. The van der Waals surface area contributed by atoms with E-state index in [-0.39, 0.29) is 10.9 Å². The van der Waals surface area contributed by atoms with E-state index in [1.807, 2.05) is 0 Å². The van der Waals surface area contributed by atoms with Crippen molar-refractivity contribution in [3.63, 3.8) is 0 Å². The van der Waals surface area contributed by atoms with E-state index in [0.717, 1.165) is 0 Å². The monoisotopic (exact) mass is 439 g/mol. The van der Waals surface area contributed by atoms with E-state index in [2.05, 4.69) is 45.9 Å². The molecule has 0 saturated heterocycles. The number of halogens is 1. The van der Waals surface area contributed by atoms with Crippen LogP contribution in [0.1, 0.15) is 34.8 Å². The topological polar surface area (TPSA) is 92.6 Å². The second-order valence-electron chi connectivity index (χ2n) is 5.70. The van der Waals surface area contributed by atoms with Crippen molar-refractivity contribution in [3.8, 4) is 5.75 Å². The predicted octanol–water partition coefficient (Wildman–Crippen LogP) is 3.03. The molecule has 0 bridgehead atoms. The van der Waals surface area contributed by atoms with Crippen LogP contribution in [0.4, 0.5) is 0 Å². The average molecular weight is 440 g/mol. The number of carbonyl (C=O) groups is 2. The summed E-state index contributed by atoms with van der Waals surface area (Å²) in [6.45, 7) is 4.72. The number of thiocarbonyl (C=S) groups is 1. The third-order valence-electron chi connectivity index (χ3n) is 3.01. The molecule has 0 aliphatic rings. The Morgan fingerprint density at radius 1 is 1.12 bits per heavy atom. The van der Waals surface area contributed by atoms with Crippen molar-refractivity contribution >= 4 is 45.1 Å². The van der Waals surface area contributed by atoms with Gasteiger partial charge in [-0.25, -0.2) is 0 Å². The van der Waals surface area contributed by atoms with Crippen molar-refractivity contribution in [1.82, 2.24) is 16.2 Å². The molecule has 2 rings (SSSR count). The van der Waals surface area contributed by atoms with Gasteiger partial charge < -0.3 is 9.15 Å². The number of rotatable bonds is 5. The summed E-state index contributed by atoms with van der Waals surface area (Å²) in [5.41, 5.74) is 5.28. The summed E-state index contributed by atoms with van der Waals surface area (Å²) >= 11 is 8.06. The van der Waals surface area contributed by atoms with E-state index in [9.17, 15) is 9.59 Å². The van der Waals surface area contributed by atoms with Crippen LogP contribution in [0.25, 0.3) is 0 Å². The van der Waals surface area contributed by atoms with Crippen LogP contribution in [-0.4, -0.2) is 23.5 Å². The van der Waals surface area contributed by atoms with Gasteiger partial charge in [-0.05, 0) is 70.5 Å². The standard InChI is InChI=1S/C17H18BrN3O4S/c1-10(2)9-24-12-5-3-11(4-6-12)15(22)20-21-17(26)19-16(23)13-7-8-14(18)25-13/h3-8,10H,9H2,1-2H3,(H,20,22)(H2,19,21,23,26). The zero-order valence-corrected chi connectivity index (χ0v) is 16.6. The first-order chi connectivity index (χ1) is 12.3. The second-order valence-corrected chi connectivity index (χ2v) is 6.89. The molecule has 0 fully saturated rings. The Hall–Kier alpha value is -2.39. The number of nitrogens with one attached hydrogen (secondary N) is 3. The highest BCUT2D eigenvalue weighted by atomic mass is 79.9. The number of furan rings is 1. The molecule has 0 atom stereocenters. The third-order valence-corrected chi connectivity index (χ3v) is 3.64. The van der Waals surface area contributed by atoms with Gasteiger partial charge in [0.2, 0.25) is 0 Å². The predicted molar refractivity (Wildman–Crippen MR) is 104 cm³/mol. The molecule has 0 radical (unpaired) electrons. The number of hydrogen-bond donors (Lipinski definition) is 3. The molecule has 3 N–H and O–H groups in total. The van der Waals surface area contributed by atoms with Crippen LogP contribution in [0.15, 0.2) is 45.5 Å². The Balaban J connectivity index is 1.80. The van der Waals surface area contributed by atoms with Crippen molar-refractivity contribution in [2.75, 3.05) is 6.61 Å². The van der Waals surface area contributed by atoms with Crippen molar-refractivity contribution in [3.05, 3.63) is 52.4 Å². The van der Waals surface area contributed by atoms with Crippen molar-refractivity contribution in [1.29, 1.82) is 0 Å². The molecule has 0 spiro atoms. The molecule has 0 unspecified atom stereocenters. The molecule has 0 aliphatic heterocycles. The molecule has 26 heavy (non-hydrogen) atoms. The fourth-order valence-electron chi connectivity index (χ4n) is 1.78. The number of amides is 2. The summed E-state index contributed by atoms with van der Waals surface area (Å²) in [5, 5.41) is 2.32. The zero-order valence-electron chi connectivity index (χ0n) is 14.2. The molecule has 1 heterocycles. The highest BCUT2D eigenvalue weighted by Gasteiger charge is 2.13. The number of carbonyl (C=O) groups excluding carboxylic acids is 2. The maximum Gasteiger partial charge on any atom is 0.293 e. The van der Waals surface area contributed by atoms with E-state index in [1.165, 1.54) is 6.07 Å². The maximum absolute atomic E-state index is 12.1. The largest absolute Gasteiger partial charge is 0.493 e. The first kappa shape index (κ1) is 19.9. The zero-order chi connectivity index (χ0) is 19.1. The molecule has 1 aromatic carbocycles. The van der Waals surface area contributed by atoms with Gasteiger partial charge in [0.1, 0.15) is 5.75 Å². The van der Waals surface area contributed by atoms with Crippen LogP contribution in [0.2, 0.25) is 0 Å². The number of benzene rings is 1. The lowest BCUT2D eigenvalue weighted by Crippen LogP contribution is -2.48. The van der Waals surface area contributed by atoms with Gasteiger partial charge >= 0.3 is 0 Å². The van der Waals surface area contributed by atoms with Gasteiger partial charge in [0.15, 0.2) is 15.5 Å². The van der Waals surface area contributed by atoms with E-state index in [4.69, 9.17) is 21.4 Å². The second kappa shape index (κ2) is 9.35. The fourth-order valence-corrected chi connectivity index (χ4v) is 2.23. The molecule has 2 amide bonds. The minimum absolute atomic E-state index is 0.0623. The van der Waals surface area contributed by atoms with Crippen LogP contribution >= 0.6 is 28.1 Å². The molecule has 138 valence electrons. The van der Waals surface area contributed by atoms with Crippen LogP contribution in [-0.2, 0) is 0 Å². The summed E-state index contributed by atoms with van der Waals surface area (Å²) < 4.78 is 11.1. The lowest BCUT2D eigenvalue weighted by Gasteiger charge is -2.11. The van der Waals surface area contributed by atoms with Crippen LogP contribution in [0.3, 0.4) is 0 Å². The van der Waals surface area contributed by atoms with Crippen molar-refractivity contribution in [2.24, 2.45) is 5.92 Å². The van der Waals surface area contributed by atoms with Gasteiger partial charge in [-0.15, -0.1) is 0 Å². The molecule has 7 nitrogen and oxygen atoms in total. The van der Waals surface area contributed by atoms with Crippen LogP contribution in [0.5, 0.6) is 5.75 Å². The van der Waals surface area contributed by atoms with E-state index >= 15 is 0 Å². The molecule has 0 aliphatic carbocycles. The van der Waals surface area contributed by atoms with Gasteiger partial charge in [0, 0.05) is 5.56 Å². The minimum Gasteiger partial charge on any atom is -0.493 e. The van der Waals surface area contributed by atoms with Gasteiger partial charge in [-0.1, -0.05) is 13.8 Å². The van der Waals surface area contributed by atoms with E-state index in [0.29, 0.717) is 28.5 Å². The van der Waals surface area contributed by atoms with Crippen LogP contribution in [0, 0.1) is 5.92 Å². The lowest BCUT2D eigenvalue weighted by molar-refractivity contribution is 0.0926. The highest BCUT2D eigenvalue weighted by Crippen LogP contribution is 2.14. The summed E-state index contributed by atoms with van der Waals surface area (Å²) in [4.78, 5) is 23.9. The Morgan fingerprint density at radius 3 is 2.38 bits per heavy atom. The SMILES string of the molecule is CC(C)COc1ccc(C(=O)NNC(=S)NC(=O)c2ccc(Br)o2)cc1. The summed E-state index contributed by atoms with van der Waals surface area (Å²) in [7, 11) is 0. The van der Waals surface area contributed by atoms with Crippen molar-refractivity contribution < 1.29 is 18.7 Å². The first-order valence-corrected chi connectivity index (χ1v) is 8.95. The molecule has 1 aromatic heterocycles. The fraction of sp³-hybridized carbons (Fsp3) is 0.235. The highest BCUT2D eigenvalue weighted by molar-refractivity contribution is 9.10. The minimum atomic E-state index is -0.533. The molecule has 0 saturated carbocycles. The summed E-state index contributed by atoms with van der Waals surface area (Å²) in [6.07, 6.45) is 0. The average Bonchev–Trinajstić information content (AvgIpc) is 3.05. The summed E-state index contributed by atoms with van der Waals surface area (Å²) in [6, 6.07) is 9.77. The maximum atomic E-state index is 12.1. The number of hydrogen-bond acceptors (Lipinski definition) is 5. The lowest BCUT2D eigenvalue weighted by atomic mass is 10.2. The molecule has 9 heteroatoms. The molecular weight excluding hydrogens is 422 g/mol. The normalized spacial score (nSPS) is 10.3. The quantitative estimate of drug-likeness (QED) is 0.489. The Morgan fingerprint density at radius 2 is 1.81 bits per heavy atom. The van der Waals surface area contributed by atoms with Gasteiger partial charge in [0.05, 0.1) is 6.61 Å².